The first-order valence-electron chi connectivity index (χ1n) is 6.41. The van der Waals surface area contributed by atoms with Crippen LogP contribution in [0.15, 0.2) is 30.3 Å². The van der Waals surface area contributed by atoms with Crippen molar-refractivity contribution in [3.8, 4) is 0 Å². The summed E-state index contributed by atoms with van der Waals surface area (Å²) in [7, 11) is 0. The Morgan fingerprint density at radius 1 is 1.35 bits per heavy atom. The molecule has 106 valence electrons. The van der Waals surface area contributed by atoms with Crippen LogP contribution < -0.4 is 5.73 Å². The second kappa shape index (κ2) is 6.29. The second-order valence-electron chi connectivity index (χ2n) is 4.62. The van der Waals surface area contributed by atoms with Gasteiger partial charge in [0, 0.05) is 17.1 Å². The summed E-state index contributed by atoms with van der Waals surface area (Å²) in [6.07, 6.45) is 0. The molecular formula is C15H17ClN2OS. The van der Waals surface area contributed by atoms with E-state index in [9.17, 15) is 4.79 Å². The van der Waals surface area contributed by atoms with Gasteiger partial charge in [-0.3, -0.25) is 4.79 Å². The molecule has 0 atom stereocenters. The number of nitrogens with two attached hydrogens (primary N) is 1. The lowest BCUT2D eigenvalue weighted by Crippen LogP contribution is -2.30. The van der Waals surface area contributed by atoms with Crippen molar-refractivity contribution in [2.24, 2.45) is 0 Å². The number of halogens is 1. The minimum atomic E-state index is -0.0433. The van der Waals surface area contributed by atoms with Crippen molar-refractivity contribution in [2.45, 2.75) is 20.4 Å². The normalized spacial score (nSPS) is 10.6. The van der Waals surface area contributed by atoms with Crippen molar-refractivity contribution >= 4 is 34.5 Å². The number of aryl methyl sites for hydroxylation is 1. The van der Waals surface area contributed by atoms with Gasteiger partial charge in [0.2, 0.25) is 0 Å². The van der Waals surface area contributed by atoms with Crippen molar-refractivity contribution < 1.29 is 4.79 Å². The summed E-state index contributed by atoms with van der Waals surface area (Å²) in [6.45, 7) is 5.09. The van der Waals surface area contributed by atoms with Gasteiger partial charge in [0.05, 0.1) is 16.4 Å². The maximum Gasteiger partial charge on any atom is 0.256 e. The number of benzene rings is 1. The smallest absolute Gasteiger partial charge is 0.256 e. The molecule has 0 saturated carbocycles. The van der Waals surface area contributed by atoms with E-state index < -0.39 is 0 Å². The Labute approximate surface area is 128 Å². The fourth-order valence-electron chi connectivity index (χ4n) is 1.98. The zero-order valence-corrected chi connectivity index (χ0v) is 13.1. The fraction of sp³-hybridized carbons (Fsp3) is 0.267. The van der Waals surface area contributed by atoms with Crippen molar-refractivity contribution in [3.05, 3.63) is 50.7 Å². The summed E-state index contributed by atoms with van der Waals surface area (Å²) in [5, 5.41) is 0. The van der Waals surface area contributed by atoms with Gasteiger partial charge in [0.1, 0.15) is 0 Å². The Morgan fingerprint density at radius 2 is 2.10 bits per heavy atom. The Hall–Kier alpha value is -1.52. The number of rotatable bonds is 4. The maximum absolute atomic E-state index is 12.6. The highest BCUT2D eigenvalue weighted by atomic mass is 35.5. The number of carbonyl (C=O) groups excluding carboxylic acids is 1. The third-order valence-electron chi connectivity index (χ3n) is 3.08. The SMILES string of the molecule is CCN(Cc1ccc(Cl)s1)C(=O)c1cc(C)ccc1N. The highest BCUT2D eigenvalue weighted by Crippen LogP contribution is 2.24. The zero-order chi connectivity index (χ0) is 14.7. The quantitative estimate of drug-likeness (QED) is 0.869. The number of nitrogens with zero attached hydrogens (tertiary/aromatic N) is 1. The lowest BCUT2D eigenvalue weighted by Gasteiger charge is -2.21. The van der Waals surface area contributed by atoms with Gasteiger partial charge in [-0.25, -0.2) is 0 Å². The molecule has 0 saturated heterocycles. The molecule has 0 spiro atoms. The molecule has 0 bridgehead atoms. The lowest BCUT2D eigenvalue weighted by atomic mass is 10.1. The lowest BCUT2D eigenvalue weighted by molar-refractivity contribution is 0.0755. The monoisotopic (exact) mass is 308 g/mol. The highest BCUT2D eigenvalue weighted by molar-refractivity contribution is 7.16. The molecule has 2 rings (SSSR count). The number of hydrogen-bond acceptors (Lipinski definition) is 3. The molecule has 1 aromatic carbocycles. The van der Waals surface area contributed by atoms with Crippen LogP contribution in [0.2, 0.25) is 4.34 Å². The molecule has 0 unspecified atom stereocenters. The standard InChI is InChI=1S/C15H17ClN2OS/c1-3-18(9-11-5-7-14(16)20-11)15(19)12-8-10(2)4-6-13(12)17/h4-8H,3,9,17H2,1-2H3. The van der Waals surface area contributed by atoms with Crippen molar-refractivity contribution in [3.63, 3.8) is 0 Å². The zero-order valence-electron chi connectivity index (χ0n) is 11.5. The summed E-state index contributed by atoms with van der Waals surface area (Å²) in [5.74, 6) is -0.0433. The number of thiophene rings is 1. The largest absolute Gasteiger partial charge is 0.398 e. The van der Waals surface area contributed by atoms with E-state index in [0.717, 1.165) is 14.8 Å². The van der Waals surface area contributed by atoms with Gasteiger partial charge >= 0.3 is 0 Å². The van der Waals surface area contributed by atoms with Gasteiger partial charge in [0.25, 0.3) is 5.91 Å². The second-order valence-corrected chi connectivity index (χ2v) is 6.42. The summed E-state index contributed by atoms with van der Waals surface area (Å²) >= 11 is 7.42. The van der Waals surface area contributed by atoms with Crippen LogP contribution >= 0.6 is 22.9 Å². The molecule has 2 N–H and O–H groups in total. The molecule has 1 heterocycles. The van der Waals surface area contributed by atoms with E-state index in [2.05, 4.69) is 0 Å². The van der Waals surface area contributed by atoms with E-state index in [1.807, 2.05) is 38.1 Å². The minimum absolute atomic E-state index is 0.0433. The van der Waals surface area contributed by atoms with Crippen LogP contribution in [-0.4, -0.2) is 17.4 Å². The molecule has 3 nitrogen and oxygen atoms in total. The van der Waals surface area contributed by atoms with Crippen LogP contribution in [0.1, 0.15) is 27.7 Å². The molecule has 5 heteroatoms. The Kier molecular flexibility index (Phi) is 4.68. The number of hydrogen-bond donors (Lipinski definition) is 1. The summed E-state index contributed by atoms with van der Waals surface area (Å²) in [5.41, 5.74) is 8.02. The average molecular weight is 309 g/mol. The summed E-state index contributed by atoms with van der Waals surface area (Å²) < 4.78 is 0.735. The molecule has 0 aliphatic carbocycles. The molecule has 1 amide bonds. The molecule has 0 aliphatic heterocycles. The Morgan fingerprint density at radius 3 is 2.70 bits per heavy atom. The molecule has 0 aliphatic rings. The molecular weight excluding hydrogens is 292 g/mol. The van der Waals surface area contributed by atoms with E-state index in [0.29, 0.717) is 24.3 Å². The Balaban J connectivity index is 2.22. The molecule has 1 aromatic heterocycles. The maximum atomic E-state index is 12.6. The van der Waals surface area contributed by atoms with Crippen LogP contribution in [0, 0.1) is 6.92 Å². The van der Waals surface area contributed by atoms with Crippen LogP contribution in [-0.2, 0) is 6.54 Å². The van der Waals surface area contributed by atoms with E-state index in [4.69, 9.17) is 17.3 Å². The molecule has 2 aromatic rings. The first kappa shape index (κ1) is 14.9. The predicted octanol–water partition coefficient (Wildman–Crippen LogP) is 3.95. The molecule has 0 fully saturated rings. The van der Waals surface area contributed by atoms with Gasteiger partial charge in [-0.15, -0.1) is 11.3 Å². The molecule has 20 heavy (non-hydrogen) atoms. The minimum Gasteiger partial charge on any atom is -0.398 e. The van der Waals surface area contributed by atoms with Crippen molar-refractivity contribution in [1.82, 2.24) is 4.90 Å². The third-order valence-corrected chi connectivity index (χ3v) is 4.30. The average Bonchev–Trinajstić information content (AvgIpc) is 2.83. The van der Waals surface area contributed by atoms with Gasteiger partial charge < -0.3 is 10.6 Å². The van der Waals surface area contributed by atoms with Gasteiger partial charge in [0.15, 0.2) is 0 Å². The fourth-order valence-corrected chi connectivity index (χ4v) is 3.08. The van der Waals surface area contributed by atoms with E-state index in [1.165, 1.54) is 11.3 Å². The van der Waals surface area contributed by atoms with E-state index in [1.54, 1.807) is 11.0 Å². The molecule has 0 radical (unpaired) electrons. The van der Waals surface area contributed by atoms with E-state index in [-0.39, 0.29) is 5.91 Å². The van der Waals surface area contributed by atoms with Gasteiger partial charge in [-0.05, 0) is 38.1 Å². The summed E-state index contributed by atoms with van der Waals surface area (Å²) in [6, 6.07) is 9.31. The van der Waals surface area contributed by atoms with Crippen LogP contribution in [0.3, 0.4) is 0 Å². The predicted molar refractivity (Wildman–Crippen MR) is 85.3 cm³/mol. The third kappa shape index (κ3) is 3.32. The topological polar surface area (TPSA) is 46.3 Å². The number of anilines is 1. The summed E-state index contributed by atoms with van der Waals surface area (Å²) in [4.78, 5) is 15.4. The Bertz CT molecular complexity index is 624. The van der Waals surface area contributed by atoms with Crippen LogP contribution in [0.4, 0.5) is 5.69 Å². The van der Waals surface area contributed by atoms with Crippen LogP contribution in [0.5, 0.6) is 0 Å². The van der Waals surface area contributed by atoms with Crippen molar-refractivity contribution in [1.29, 1.82) is 0 Å². The van der Waals surface area contributed by atoms with Crippen molar-refractivity contribution in [2.75, 3.05) is 12.3 Å². The first-order valence-corrected chi connectivity index (χ1v) is 7.60. The first-order chi connectivity index (χ1) is 9.51. The number of nitrogen functional groups attached to an aromatic ring is 1. The van der Waals surface area contributed by atoms with Crippen LogP contribution in [0.25, 0.3) is 0 Å². The van der Waals surface area contributed by atoms with Gasteiger partial charge in [-0.1, -0.05) is 23.2 Å². The van der Waals surface area contributed by atoms with E-state index >= 15 is 0 Å². The number of carbonyl (C=O) groups is 1. The highest BCUT2D eigenvalue weighted by Gasteiger charge is 2.17. The van der Waals surface area contributed by atoms with Gasteiger partial charge in [-0.2, -0.15) is 0 Å². The number of amides is 1.